The number of aryl methyl sites for hydroxylation is 1. The summed E-state index contributed by atoms with van der Waals surface area (Å²) in [6.07, 6.45) is 5.55. The van der Waals surface area contributed by atoms with Crippen LogP contribution in [-0.4, -0.2) is 28.5 Å². The fraction of sp³-hybridized carbons (Fsp3) is 0.727. The number of hydrogen-bond donors (Lipinski definition) is 3. The Balaban J connectivity index is 2.58. The summed E-state index contributed by atoms with van der Waals surface area (Å²) in [7, 11) is 0. The summed E-state index contributed by atoms with van der Waals surface area (Å²) in [6.45, 7) is 10.7. The third-order valence-corrected chi connectivity index (χ3v) is 4.81. The van der Waals surface area contributed by atoms with E-state index in [2.05, 4.69) is 34.6 Å². The summed E-state index contributed by atoms with van der Waals surface area (Å²) in [5, 5.41) is 19.9. The summed E-state index contributed by atoms with van der Waals surface area (Å²) < 4.78 is 5.93. The molecule has 1 rings (SSSR count). The zero-order chi connectivity index (χ0) is 19.7. The van der Waals surface area contributed by atoms with E-state index in [9.17, 15) is 10.2 Å². The number of benzene rings is 1. The first-order valence-electron chi connectivity index (χ1n) is 10.0. The molecule has 0 spiro atoms. The lowest BCUT2D eigenvalue weighted by atomic mass is 9.85. The van der Waals surface area contributed by atoms with Gasteiger partial charge in [0.05, 0.1) is 12.7 Å². The predicted molar refractivity (Wildman–Crippen MR) is 109 cm³/mol. The van der Waals surface area contributed by atoms with Crippen molar-refractivity contribution in [3.05, 3.63) is 23.8 Å². The Labute approximate surface area is 159 Å². The van der Waals surface area contributed by atoms with Crippen LogP contribution < -0.4 is 10.5 Å². The second-order valence-corrected chi connectivity index (χ2v) is 8.66. The highest BCUT2D eigenvalue weighted by Gasteiger charge is 2.25. The van der Waals surface area contributed by atoms with E-state index in [1.807, 2.05) is 12.1 Å². The number of aliphatic hydroxyl groups is 1. The third-order valence-electron chi connectivity index (χ3n) is 4.81. The number of hydrogen-bond acceptors (Lipinski definition) is 4. The second kappa shape index (κ2) is 10.8. The van der Waals surface area contributed by atoms with Crippen molar-refractivity contribution in [1.82, 2.24) is 0 Å². The van der Waals surface area contributed by atoms with E-state index >= 15 is 0 Å². The first kappa shape index (κ1) is 22.8. The molecule has 0 radical (unpaired) electrons. The Hall–Kier alpha value is -1.26. The quantitative estimate of drug-likeness (QED) is 0.504. The molecule has 0 bridgehead atoms. The van der Waals surface area contributed by atoms with Crippen LogP contribution >= 0.6 is 0 Å². The van der Waals surface area contributed by atoms with E-state index in [-0.39, 0.29) is 18.5 Å². The Morgan fingerprint density at radius 3 is 2.31 bits per heavy atom. The maximum atomic E-state index is 10.3. The molecule has 150 valence electrons. The van der Waals surface area contributed by atoms with Crippen molar-refractivity contribution in [2.75, 3.05) is 6.61 Å². The normalized spacial score (nSPS) is 15.3. The van der Waals surface area contributed by atoms with Gasteiger partial charge in [-0.1, -0.05) is 40.2 Å². The van der Waals surface area contributed by atoms with Gasteiger partial charge in [0, 0.05) is 11.6 Å². The molecule has 0 aliphatic rings. The van der Waals surface area contributed by atoms with Crippen LogP contribution in [0.25, 0.3) is 0 Å². The molecule has 26 heavy (non-hydrogen) atoms. The molecule has 0 amide bonds. The third kappa shape index (κ3) is 8.41. The lowest BCUT2D eigenvalue weighted by molar-refractivity contribution is 0.165. The highest BCUT2D eigenvalue weighted by molar-refractivity contribution is 5.40. The molecule has 0 saturated heterocycles. The minimum Gasteiger partial charge on any atom is -0.508 e. The SMILES string of the molecule is CC(C)CCCC(C)Oc1ccc(CCC(N)(CO)CC(C)C)c(O)c1. The van der Waals surface area contributed by atoms with Crippen LogP contribution in [0.3, 0.4) is 0 Å². The van der Waals surface area contributed by atoms with Gasteiger partial charge in [-0.2, -0.15) is 0 Å². The zero-order valence-corrected chi connectivity index (χ0v) is 17.3. The minimum absolute atomic E-state index is 0.0406. The summed E-state index contributed by atoms with van der Waals surface area (Å²) in [4.78, 5) is 0. The number of aromatic hydroxyl groups is 1. The molecule has 1 aromatic carbocycles. The van der Waals surface area contributed by atoms with Crippen molar-refractivity contribution in [2.24, 2.45) is 17.6 Å². The Morgan fingerprint density at radius 1 is 1.08 bits per heavy atom. The van der Waals surface area contributed by atoms with Gasteiger partial charge in [0.15, 0.2) is 0 Å². The number of ether oxygens (including phenoxy) is 1. The fourth-order valence-electron chi connectivity index (χ4n) is 3.38. The van der Waals surface area contributed by atoms with Crippen LogP contribution in [-0.2, 0) is 6.42 Å². The highest BCUT2D eigenvalue weighted by Crippen LogP contribution is 2.28. The maximum absolute atomic E-state index is 10.3. The van der Waals surface area contributed by atoms with Gasteiger partial charge in [-0.25, -0.2) is 0 Å². The summed E-state index contributed by atoms with van der Waals surface area (Å²) in [5.41, 5.74) is 6.55. The number of rotatable bonds is 12. The molecule has 0 fully saturated rings. The van der Waals surface area contributed by atoms with E-state index in [1.54, 1.807) is 6.07 Å². The van der Waals surface area contributed by atoms with Crippen LogP contribution in [0.5, 0.6) is 11.5 Å². The van der Waals surface area contributed by atoms with Gasteiger partial charge in [0.25, 0.3) is 0 Å². The molecule has 4 nitrogen and oxygen atoms in total. The average Bonchev–Trinajstić information content (AvgIpc) is 2.53. The Bertz CT molecular complexity index is 530. The van der Waals surface area contributed by atoms with Gasteiger partial charge >= 0.3 is 0 Å². The predicted octanol–water partition coefficient (Wildman–Crippen LogP) is 4.65. The molecule has 0 saturated carbocycles. The van der Waals surface area contributed by atoms with E-state index in [1.165, 1.54) is 6.42 Å². The molecule has 2 atom stereocenters. The molecule has 0 heterocycles. The van der Waals surface area contributed by atoms with Crippen molar-refractivity contribution in [2.45, 2.75) is 84.8 Å². The zero-order valence-electron chi connectivity index (χ0n) is 17.3. The van der Waals surface area contributed by atoms with Crippen LogP contribution in [0.4, 0.5) is 0 Å². The maximum Gasteiger partial charge on any atom is 0.123 e. The van der Waals surface area contributed by atoms with Crippen LogP contribution in [0, 0.1) is 11.8 Å². The standard InChI is InChI=1S/C22H39NO3/c1-16(2)7-6-8-18(5)26-20-10-9-19(21(25)13-20)11-12-22(23,15-24)14-17(3)4/h9-10,13,16-18,24-25H,6-8,11-12,14-15,23H2,1-5H3. The molecule has 4 N–H and O–H groups in total. The summed E-state index contributed by atoms with van der Waals surface area (Å²) in [5.74, 6) is 2.08. The molecule has 4 heteroatoms. The first-order valence-corrected chi connectivity index (χ1v) is 10.0. The van der Waals surface area contributed by atoms with Gasteiger partial charge in [0.2, 0.25) is 0 Å². The number of nitrogens with two attached hydrogens (primary N) is 1. The molecule has 0 aliphatic heterocycles. The molecule has 0 aromatic heterocycles. The first-order chi connectivity index (χ1) is 12.1. The topological polar surface area (TPSA) is 75.7 Å². The smallest absolute Gasteiger partial charge is 0.123 e. The van der Waals surface area contributed by atoms with Gasteiger partial charge in [-0.05, 0) is 62.5 Å². The van der Waals surface area contributed by atoms with Crippen LogP contribution in [0.1, 0.15) is 72.3 Å². The van der Waals surface area contributed by atoms with Crippen molar-refractivity contribution in [3.63, 3.8) is 0 Å². The molecular weight excluding hydrogens is 326 g/mol. The summed E-state index contributed by atoms with van der Waals surface area (Å²) in [6, 6.07) is 5.50. The average molecular weight is 366 g/mol. The van der Waals surface area contributed by atoms with Gasteiger partial charge in [0.1, 0.15) is 11.5 Å². The van der Waals surface area contributed by atoms with Crippen molar-refractivity contribution in [1.29, 1.82) is 0 Å². The van der Waals surface area contributed by atoms with Crippen molar-refractivity contribution >= 4 is 0 Å². The number of aliphatic hydroxyl groups excluding tert-OH is 1. The van der Waals surface area contributed by atoms with E-state index in [0.29, 0.717) is 24.5 Å². The minimum atomic E-state index is -0.597. The lowest BCUT2D eigenvalue weighted by Gasteiger charge is -2.29. The largest absolute Gasteiger partial charge is 0.508 e. The van der Waals surface area contributed by atoms with Gasteiger partial charge < -0.3 is 20.7 Å². The number of phenols is 1. The number of phenolic OH excluding ortho intramolecular Hbond substituents is 1. The van der Waals surface area contributed by atoms with Gasteiger partial charge in [-0.15, -0.1) is 0 Å². The van der Waals surface area contributed by atoms with E-state index in [4.69, 9.17) is 10.5 Å². The van der Waals surface area contributed by atoms with E-state index in [0.717, 1.165) is 30.7 Å². The molecule has 0 aliphatic carbocycles. The van der Waals surface area contributed by atoms with Gasteiger partial charge in [-0.3, -0.25) is 0 Å². The van der Waals surface area contributed by atoms with E-state index < -0.39 is 5.54 Å². The highest BCUT2D eigenvalue weighted by atomic mass is 16.5. The van der Waals surface area contributed by atoms with Crippen LogP contribution in [0.2, 0.25) is 0 Å². The Morgan fingerprint density at radius 2 is 1.77 bits per heavy atom. The Kier molecular flexibility index (Phi) is 9.45. The molecule has 2 unspecified atom stereocenters. The molecular formula is C22H39NO3. The van der Waals surface area contributed by atoms with Crippen molar-refractivity contribution in [3.8, 4) is 11.5 Å². The summed E-state index contributed by atoms with van der Waals surface area (Å²) >= 11 is 0. The lowest BCUT2D eigenvalue weighted by Crippen LogP contribution is -2.45. The fourth-order valence-corrected chi connectivity index (χ4v) is 3.38. The second-order valence-electron chi connectivity index (χ2n) is 8.66. The monoisotopic (exact) mass is 365 g/mol. The van der Waals surface area contributed by atoms with Crippen molar-refractivity contribution < 1.29 is 14.9 Å². The van der Waals surface area contributed by atoms with Crippen LogP contribution in [0.15, 0.2) is 18.2 Å². The molecule has 1 aromatic rings.